The molecule has 0 aliphatic carbocycles. The van der Waals surface area contributed by atoms with Gasteiger partial charge in [0.25, 0.3) is 0 Å². The van der Waals surface area contributed by atoms with Crippen molar-refractivity contribution in [2.75, 3.05) is 6.61 Å². The van der Waals surface area contributed by atoms with Crippen LogP contribution in [0.2, 0.25) is 0 Å². The highest BCUT2D eigenvalue weighted by Gasteiger charge is 2.22. The number of rotatable bonds is 4. The van der Waals surface area contributed by atoms with Gasteiger partial charge in [0.15, 0.2) is 5.82 Å². The Balaban J connectivity index is 1.57. The maximum Gasteiger partial charge on any atom is 0.335 e. The lowest BCUT2D eigenvalue weighted by Gasteiger charge is -2.11. The normalized spacial score (nSPS) is 12.7. The van der Waals surface area contributed by atoms with Crippen molar-refractivity contribution in [3.63, 3.8) is 0 Å². The molecule has 156 valence electrons. The van der Waals surface area contributed by atoms with E-state index in [0.29, 0.717) is 6.61 Å². The van der Waals surface area contributed by atoms with E-state index in [0.717, 1.165) is 39.6 Å². The molecule has 3 heterocycles. The second-order valence-electron chi connectivity index (χ2n) is 7.78. The minimum Gasteiger partial charge on any atom is -0.493 e. The molecule has 0 atom stereocenters. The first-order valence-corrected chi connectivity index (χ1v) is 11.0. The van der Waals surface area contributed by atoms with Crippen LogP contribution < -0.4 is 4.74 Å². The summed E-state index contributed by atoms with van der Waals surface area (Å²) in [5.41, 5.74) is 4.36. The summed E-state index contributed by atoms with van der Waals surface area (Å²) in [6.45, 7) is 4.78. The van der Waals surface area contributed by atoms with Crippen molar-refractivity contribution >= 4 is 17.3 Å². The summed E-state index contributed by atoms with van der Waals surface area (Å²) in [4.78, 5) is 18.1. The first kappa shape index (κ1) is 19.5. The van der Waals surface area contributed by atoms with Crippen molar-refractivity contribution in [1.82, 2.24) is 14.8 Å². The Kier molecular flexibility index (Phi) is 4.82. The Hall–Kier alpha value is -3.45. The topological polar surface area (TPSA) is 77.2 Å². The minimum absolute atomic E-state index is 0.235. The van der Waals surface area contributed by atoms with E-state index in [-0.39, 0.29) is 11.6 Å². The third-order valence-corrected chi connectivity index (χ3v) is 6.60. The predicted molar refractivity (Wildman–Crippen MR) is 121 cm³/mol. The first-order chi connectivity index (χ1) is 15.0. The summed E-state index contributed by atoms with van der Waals surface area (Å²) in [7, 11) is 0. The maximum absolute atomic E-state index is 11.3. The van der Waals surface area contributed by atoms with Crippen LogP contribution in [0, 0.1) is 0 Å². The number of aromatic nitrogens is 3. The molecule has 0 fully saturated rings. The van der Waals surface area contributed by atoms with Gasteiger partial charge in [-0.2, -0.15) is 5.10 Å². The van der Waals surface area contributed by atoms with Crippen LogP contribution in [0.25, 0.3) is 32.3 Å². The van der Waals surface area contributed by atoms with Gasteiger partial charge in [0.2, 0.25) is 0 Å². The number of ether oxygens (including phenoxy) is 1. The first-order valence-electron chi connectivity index (χ1n) is 10.1. The number of carboxylic acid groups (broad SMARTS) is 1. The Morgan fingerprint density at radius 2 is 2.00 bits per heavy atom. The highest BCUT2D eigenvalue weighted by molar-refractivity contribution is 7.19. The van der Waals surface area contributed by atoms with Crippen molar-refractivity contribution < 1.29 is 14.6 Å². The van der Waals surface area contributed by atoms with Crippen LogP contribution in [0.1, 0.15) is 35.8 Å². The fraction of sp³-hybridized carbons (Fsp3) is 0.208. The molecule has 0 saturated carbocycles. The van der Waals surface area contributed by atoms with Crippen LogP contribution in [0.15, 0.2) is 54.9 Å². The van der Waals surface area contributed by atoms with E-state index in [1.54, 1.807) is 35.9 Å². The van der Waals surface area contributed by atoms with Gasteiger partial charge in [0.1, 0.15) is 12.1 Å². The van der Waals surface area contributed by atoms with E-state index >= 15 is 0 Å². The van der Waals surface area contributed by atoms with Crippen molar-refractivity contribution in [1.29, 1.82) is 0 Å². The second-order valence-corrected chi connectivity index (χ2v) is 8.83. The lowest BCUT2D eigenvalue weighted by Crippen LogP contribution is -2.04. The molecule has 6 nitrogen and oxygen atoms in total. The van der Waals surface area contributed by atoms with Crippen LogP contribution in [0.4, 0.5) is 0 Å². The zero-order valence-electron chi connectivity index (χ0n) is 17.2. The summed E-state index contributed by atoms with van der Waals surface area (Å²) < 4.78 is 8.02. The number of fused-ring (bicyclic) bond motifs is 3. The molecule has 4 aromatic rings. The molecular formula is C24H21N3O3S. The number of nitrogens with zero attached hydrogens (tertiary/aromatic N) is 3. The van der Waals surface area contributed by atoms with E-state index in [9.17, 15) is 9.90 Å². The summed E-state index contributed by atoms with van der Waals surface area (Å²) in [5.74, 6) is 0.770. The molecule has 0 radical (unpaired) electrons. The lowest BCUT2D eigenvalue weighted by molar-refractivity contribution is 0.0697. The number of benzene rings is 2. The van der Waals surface area contributed by atoms with E-state index in [2.05, 4.69) is 36.1 Å². The van der Waals surface area contributed by atoms with Crippen LogP contribution in [0.3, 0.4) is 0 Å². The predicted octanol–water partition coefficient (Wildman–Crippen LogP) is 5.55. The average molecular weight is 432 g/mol. The van der Waals surface area contributed by atoms with E-state index < -0.39 is 5.97 Å². The van der Waals surface area contributed by atoms with E-state index in [1.165, 1.54) is 10.4 Å². The third-order valence-electron chi connectivity index (χ3n) is 5.39. The molecule has 1 N–H and O–H groups in total. The quantitative estimate of drug-likeness (QED) is 0.458. The molecule has 2 aromatic heterocycles. The summed E-state index contributed by atoms with van der Waals surface area (Å²) >= 11 is 1.71. The minimum atomic E-state index is -0.933. The molecule has 0 amide bonds. The number of hydrogen-bond donors (Lipinski definition) is 1. The van der Waals surface area contributed by atoms with Crippen LogP contribution in [-0.4, -0.2) is 32.4 Å². The molecule has 0 spiro atoms. The average Bonchev–Trinajstić information content (AvgIpc) is 3.38. The number of thiophene rings is 1. The highest BCUT2D eigenvalue weighted by atomic mass is 32.1. The van der Waals surface area contributed by atoms with Gasteiger partial charge in [-0.3, -0.25) is 0 Å². The molecule has 5 rings (SSSR count). The molecule has 2 aromatic carbocycles. The monoisotopic (exact) mass is 431 g/mol. The zero-order valence-corrected chi connectivity index (χ0v) is 18.0. The van der Waals surface area contributed by atoms with Gasteiger partial charge < -0.3 is 9.84 Å². The molecule has 0 unspecified atom stereocenters. The van der Waals surface area contributed by atoms with Crippen LogP contribution in [0.5, 0.6) is 5.75 Å². The number of aromatic carboxylic acids is 1. The van der Waals surface area contributed by atoms with Gasteiger partial charge in [-0.05, 0) is 60.9 Å². The summed E-state index contributed by atoms with van der Waals surface area (Å²) in [6.07, 6.45) is 2.43. The van der Waals surface area contributed by atoms with Crippen molar-refractivity contribution in [3.8, 4) is 38.0 Å². The third kappa shape index (κ3) is 3.51. The smallest absolute Gasteiger partial charge is 0.335 e. The number of hydrogen-bond acceptors (Lipinski definition) is 5. The summed E-state index contributed by atoms with van der Waals surface area (Å²) in [5, 5.41) is 13.7. The molecule has 7 heteroatoms. The Morgan fingerprint density at radius 3 is 2.81 bits per heavy atom. The van der Waals surface area contributed by atoms with Gasteiger partial charge in [0, 0.05) is 22.9 Å². The number of carbonyl (C=O) groups is 1. The standard InChI is InChI=1S/C24H21N3O3S/c1-14(2)27-23(25-13-26-27)21-12-17-8-9-30-20-11-16(6-7-19(20)22(17)31-21)15-4-3-5-18(10-15)24(28)29/h3-7,10-14H,8-9H2,1-2H3,(H,28,29). The second kappa shape index (κ2) is 7.67. The van der Waals surface area contributed by atoms with Gasteiger partial charge in [-0.15, -0.1) is 11.3 Å². The maximum atomic E-state index is 11.3. The zero-order chi connectivity index (χ0) is 21.5. The van der Waals surface area contributed by atoms with Crippen molar-refractivity contribution in [2.45, 2.75) is 26.3 Å². The molecule has 1 aliphatic rings. The Labute approximate surface area is 183 Å². The Morgan fingerprint density at radius 1 is 1.16 bits per heavy atom. The summed E-state index contributed by atoms with van der Waals surface area (Å²) in [6, 6.07) is 15.5. The van der Waals surface area contributed by atoms with Gasteiger partial charge in [-0.1, -0.05) is 18.2 Å². The fourth-order valence-corrected chi connectivity index (χ4v) is 5.10. The van der Waals surface area contributed by atoms with E-state index in [1.807, 2.05) is 22.9 Å². The SMILES string of the molecule is CC(C)n1ncnc1-c1cc2c(s1)-c1ccc(-c3cccc(C(=O)O)c3)cc1OCC2. The van der Waals surface area contributed by atoms with Crippen molar-refractivity contribution in [2.24, 2.45) is 0 Å². The lowest BCUT2D eigenvalue weighted by atomic mass is 10.00. The fourth-order valence-electron chi connectivity index (χ4n) is 3.87. The van der Waals surface area contributed by atoms with Crippen LogP contribution in [-0.2, 0) is 6.42 Å². The van der Waals surface area contributed by atoms with Gasteiger partial charge in [-0.25, -0.2) is 14.5 Å². The largest absolute Gasteiger partial charge is 0.493 e. The molecule has 1 aliphatic heterocycles. The Bertz CT molecular complexity index is 1290. The van der Waals surface area contributed by atoms with Crippen LogP contribution >= 0.6 is 11.3 Å². The molecule has 0 bridgehead atoms. The van der Waals surface area contributed by atoms with Gasteiger partial charge >= 0.3 is 5.97 Å². The van der Waals surface area contributed by atoms with Crippen molar-refractivity contribution in [3.05, 3.63) is 66.0 Å². The molecular weight excluding hydrogens is 410 g/mol. The molecule has 31 heavy (non-hydrogen) atoms. The number of carboxylic acids is 1. The molecule has 0 saturated heterocycles. The van der Waals surface area contributed by atoms with E-state index in [4.69, 9.17) is 4.74 Å². The highest BCUT2D eigenvalue weighted by Crippen LogP contribution is 2.44. The van der Waals surface area contributed by atoms with Gasteiger partial charge in [0.05, 0.1) is 17.0 Å².